The Balaban J connectivity index is 1.37. The van der Waals surface area contributed by atoms with Crippen molar-refractivity contribution >= 4 is 0 Å². The third kappa shape index (κ3) is 2.60. The summed E-state index contributed by atoms with van der Waals surface area (Å²) in [5.41, 5.74) is 1.16. The van der Waals surface area contributed by atoms with Crippen molar-refractivity contribution in [2.45, 2.75) is 31.6 Å². The minimum absolute atomic E-state index is 0.321. The van der Waals surface area contributed by atoms with Gasteiger partial charge in [-0.3, -0.25) is 9.88 Å². The van der Waals surface area contributed by atoms with E-state index < -0.39 is 0 Å². The molecule has 1 aromatic rings. The Morgan fingerprint density at radius 1 is 1.35 bits per heavy atom. The summed E-state index contributed by atoms with van der Waals surface area (Å²) in [6.45, 7) is 4.75. The molecule has 1 saturated carbocycles. The topological polar surface area (TPSA) is 34.6 Å². The van der Waals surface area contributed by atoms with E-state index in [4.69, 9.17) is 9.47 Å². The van der Waals surface area contributed by atoms with E-state index in [9.17, 15) is 0 Å². The largest absolute Gasteiger partial charge is 0.379 e. The molecule has 3 atom stereocenters. The Hall–Kier alpha value is -0.970. The number of hydrogen-bond donors (Lipinski definition) is 0. The van der Waals surface area contributed by atoms with Gasteiger partial charge in [-0.15, -0.1) is 0 Å². The molecule has 0 unspecified atom stereocenters. The zero-order chi connectivity index (χ0) is 13.4. The van der Waals surface area contributed by atoms with Gasteiger partial charge >= 0.3 is 0 Å². The van der Waals surface area contributed by atoms with Crippen LogP contribution in [0, 0.1) is 11.8 Å². The molecule has 0 spiro atoms. The number of ether oxygens (including phenoxy) is 2. The highest BCUT2D eigenvalue weighted by Crippen LogP contribution is 2.37. The zero-order valence-electron chi connectivity index (χ0n) is 11.8. The molecule has 1 aliphatic carbocycles. The normalized spacial score (nSPS) is 33.5. The van der Waals surface area contributed by atoms with Gasteiger partial charge in [0.15, 0.2) is 0 Å². The van der Waals surface area contributed by atoms with Gasteiger partial charge in [0.25, 0.3) is 0 Å². The molecule has 4 rings (SSSR count). The summed E-state index contributed by atoms with van der Waals surface area (Å²) in [5.74, 6) is 1.50. The number of hydrogen-bond acceptors (Lipinski definition) is 4. The predicted molar refractivity (Wildman–Crippen MR) is 75.2 cm³/mol. The highest BCUT2D eigenvalue weighted by Gasteiger charge is 2.46. The second-order valence-corrected chi connectivity index (χ2v) is 6.38. The monoisotopic (exact) mass is 274 g/mol. The summed E-state index contributed by atoms with van der Waals surface area (Å²) in [6.07, 6.45) is 6.84. The van der Waals surface area contributed by atoms with E-state index >= 15 is 0 Å². The van der Waals surface area contributed by atoms with Crippen molar-refractivity contribution in [1.82, 2.24) is 9.88 Å². The maximum absolute atomic E-state index is 6.17. The Bertz CT molecular complexity index is 449. The molecule has 0 N–H and O–H groups in total. The third-order valence-corrected chi connectivity index (χ3v) is 4.83. The molecule has 0 amide bonds. The smallest absolute Gasteiger partial charge is 0.0772 e. The maximum Gasteiger partial charge on any atom is 0.0772 e. The first-order valence-corrected chi connectivity index (χ1v) is 7.72. The van der Waals surface area contributed by atoms with Crippen LogP contribution in [-0.4, -0.2) is 48.3 Å². The number of nitrogens with zero attached hydrogens (tertiary/aromatic N) is 2. The van der Waals surface area contributed by atoms with E-state index in [2.05, 4.69) is 16.0 Å². The summed E-state index contributed by atoms with van der Waals surface area (Å²) >= 11 is 0. The lowest BCUT2D eigenvalue weighted by Gasteiger charge is -2.21. The van der Waals surface area contributed by atoms with Crippen LogP contribution in [-0.2, 0) is 16.1 Å². The molecule has 20 heavy (non-hydrogen) atoms. The van der Waals surface area contributed by atoms with Gasteiger partial charge < -0.3 is 9.47 Å². The minimum atomic E-state index is 0.321. The fourth-order valence-electron chi connectivity index (χ4n) is 3.50. The van der Waals surface area contributed by atoms with Crippen molar-refractivity contribution in [1.29, 1.82) is 0 Å². The summed E-state index contributed by atoms with van der Waals surface area (Å²) in [6, 6.07) is 4.63. The van der Waals surface area contributed by atoms with Gasteiger partial charge in [-0.1, -0.05) is 6.07 Å². The Labute approximate surface area is 120 Å². The maximum atomic E-state index is 6.17. The van der Waals surface area contributed by atoms with Crippen LogP contribution in [0.15, 0.2) is 24.5 Å². The lowest BCUT2D eigenvalue weighted by atomic mass is 10.0. The molecule has 2 saturated heterocycles. The van der Waals surface area contributed by atoms with Crippen LogP contribution in [0.3, 0.4) is 0 Å². The number of fused-ring (bicyclic) bond motifs is 1. The molecular formula is C16H22N2O2. The fraction of sp³-hybridized carbons (Fsp3) is 0.688. The standard InChI is InChI=1S/C16H22N2O2/c1-2-13(6-17-5-1)9-20-16-8-18(7-12-3-4-12)15-11-19-10-14(15)16/h1-2,5-6,12,14-16H,3-4,7-11H2/t14-,15+,16-/m1/s1. The average Bonchev–Trinajstić information content (AvgIpc) is 3.05. The van der Waals surface area contributed by atoms with Gasteiger partial charge in [0.1, 0.15) is 0 Å². The van der Waals surface area contributed by atoms with E-state index in [1.54, 1.807) is 6.20 Å². The van der Waals surface area contributed by atoms with Crippen LogP contribution in [0.5, 0.6) is 0 Å². The van der Waals surface area contributed by atoms with E-state index in [1.165, 1.54) is 19.4 Å². The van der Waals surface area contributed by atoms with Crippen LogP contribution < -0.4 is 0 Å². The zero-order valence-corrected chi connectivity index (χ0v) is 11.8. The van der Waals surface area contributed by atoms with Crippen LogP contribution >= 0.6 is 0 Å². The lowest BCUT2D eigenvalue weighted by molar-refractivity contribution is 0.00892. The molecule has 2 aliphatic heterocycles. The lowest BCUT2D eigenvalue weighted by Crippen LogP contribution is -2.34. The quantitative estimate of drug-likeness (QED) is 0.818. The van der Waals surface area contributed by atoms with E-state index in [0.29, 0.717) is 24.7 Å². The summed E-state index contributed by atoms with van der Waals surface area (Å²) < 4.78 is 11.9. The Kier molecular flexibility index (Phi) is 3.46. The van der Waals surface area contributed by atoms with Crippen LogP contribution in [0.25, 0.3) is 0 Å². The van der Waals surface area contributed by atoms with Gasteiger partial charge in [-0.25, -0.2) is 0 Å². The van der Waals surface area contributed by atoms with E-state index in [0.717, 1.165) is 31.2 Å². The molecule has 3 aliphatic rings. The van der Waals surface area contributed by atoms with Gasteiger partial charge in [0.2, 0.25) is 0 Å². The molecule has 3 heterocycles. The van der Waals surface area contributed by atoms with Crippen LogP contribution in [0.2, 0.25) is 0 Å². The van der Waals surface area contributed by atoms with E-state index in [1.807, 2.05) is 12.3 Å². The molecule has 0 radical (unpaired) electrons. The first-order valence-electron chi connectivity index (χ1n) is 7.72. The molecule has 1 aromatic heterocycles. The molecule has 0 aromatic carbocycles. The van der Waals surface area contributed by atoms with Gasteiger partial charge in [-0.2, -0.15) is 0 Å². The van der Waals surface area contributed by atoms with Crippen LogP contribution in [0.1, 0.15) is 18.4 Å². The molecular weight excluding hydrogens is 252 g/mol. The van der Waals surface area contributed by atoms with Crippen molar-refractivity contribution in [3.63, 3.8) is 0 Å². The third-order valence-electron chi connectivity index (χ3n) is 4.83. The van der Waals surface area contributed by atoms with Gasteiger partial charge in [0.05, 0.1) is 25.9 Å². The fourth-order valence-corrected chi connectivity index (χ4v) is 3.50. The Morgan fingerprint density at radius 3 is 3.10 bits per heavy atom. The first-order chi connectivity index (χ1) is 9.90. The number of aromatic nitrogens is 1. The number of pyridine rings is 1. The molecule has 108 valence electrons. The van der Waals surface area contributed by atoms with Crippen LogP contribution in [0.4, 0.5) is 0 Å². The van der Waals surface area contributed by atoms with Gasteiger partial charge in [0, 0.05) is 37.4 Å². The van der Waals surface area contributed by atoms with E-state index in [-0.39, 0.29) is 0 Å². The first kappa shape index (κ1) is 12.7. The highest BCUT2D eigenvalue weighted by atomic mass is 16.5. The highest BCUT2D eigenvalue weighted by molar-refractivity contribution is 5.07. The van der Waals surface area contributed by atoms with Crippen molar-refractivity contribution in [3.8, 4) is 0 Å². The number of rotatable bonds is 5. The van der Waals surface area contributed by atoms with Crippen molar-refractivity contribution < 1.29 is 9.47 Å². The number of likely N-dealkylation sites (tertiary alicyclic amines) is 1. The van der Waals surface area contributed by atoms with Crippen molar-refractivity contribution in [3.05, 3.63) is 30.1 Å². The summed E-state index contributed by atoms with van der Waals surface area (Å²) in [5, 5.41) is 0. The summed E-state index contributed by atoms with van der Waals surface area (Å²) in [7, 11) is 0. The molecule has 4 heteroatoms. The minimum Gasteiger partial charge on any atom is -0.379 e. The SMILES string of the molecule is c1cncc(CO[C@@H]2CN(CC3CC3)[C@H]3COC[C@@H]23)c1. The predicted octanol–water partition coefficient (Wildman–Crippen LogP) is 1.71. The second-order valence-electron chi connectivity index (χ2n) is 6.38. The molecule has 0 bridgehead atoms. The Morgan fingerprint density at radius 2 is 2.30 bits per heavy atom. The second kappa shape index (κ2) is 5.43. The average molecular weight is 274 g/mol. The van der Waals surface area contributed by atoms with Crippen molar-refractivity contribution in [2.24, 2.45) is 11.8 Å². The molecule has 4 nitrogen and oxygen atoms in total. The van der Waals surface area contributed by atoms with Crippen molar-refractivity contribution in [2.75, 3.05) is 26.3 Å². The van der Waals surface area contributed by atoms with Gasteiger partial charge in [-0.05, 0) is 30.4 Å². The summed E-state index contributed by atoms with van der Waals surface area (Å²) in [4.78, 5) is 6.76. The molecule has 3 fully saturated rings.